The van der Waals surface area contributed by atoms with Gasteiger partial charge in [0.2, 0.25) is 0 Å². The lowest BCUT2D eigenvalue weighted by atomic mass is 9.81. The minimum Gasteiger partial charge on any atom is -0.396 e. The molecule has 0 fully saturated rings. The predicted molar refractivity (Wildman–Crippen MR) is 129 cm³/mol. The van der Waals surface area contributed by atoms with E-state index in [1.165, 1.54) is 0 Å². The molecule has 0 spiro atoms. The molecule has 170 valence electrons. The van der Waals surface area contributed by atoms with E-state index in [0.717, 1.165) is 39.8 Å². The molecule has 2 aromatic carbocycles. The maximum Gasteiger partial charge on any atom is 0.137 e. The molecule has 0 aliphatic heterocycles. The summed E-state index contributed by atoms with van der Waals surface area (Å²) in [6.45, 7) is 11.9. The number of carbonyl (C=O) groups is 1. The summed E-state index contributed by atoms with van der Waals surface area (Å²) in [7, 11) is 0. The van der Waals surface area contributed by atoms with Crippen LogP contribution in [0.25, 0.3) is 0 Å². The molecule has 0 unspecified atom stereocenters. The molecule has 4 heteroatoms. The molecule has 0 aliphatic rings. The Bertz CT molecular complexity index is 911. The van der Waals surface area contributed by atoms with Crippen molar-refractivity contribution in [2.24, 2.45) is 5.92 Å². The van der Waals surface area contributed by atoms with Crippen molar-refractivity contribution in [3.05, 3.63) is 68.7 Å². The van der Waals surface area contributed by atoms with Crippen LogP contribution in [-0.2, 0) is 23.2 Å². The Hall–Kier alpha value is -1.68. The third-order valence-corrected chi connectivity index (χ3v) is 6.66. The van der Waals surface area contributed by atoms with Gasteiger partial charge in [0.1, 0.15) is 5.78 Å². The van der Waals surface area contributed by atoms with E-state index in [1.807, 2.05) is 45.0 Å². The zero-order valence-corrected chi connectivity index (χ0v) is 20.5. The van der Waals surface area contributed by atoms with Gasteiger partial charge in [-0.15, -0.1) is 0 Å². The third kappa shape index (κ3) is 6.65. The van der Waals surface area contributed by atoms with Gasteiger partial charge in [0.15, 0.2) is 0 Å². The van der Waals surface area contributed by atoms with Crippen LogP contribution in [0.15, 0.2) is 30.3 Å². The molecule has 2 aromatic rings. The van der Waals surface area contributed by atoms with Gasteiger partial charge in [-0.1, -0.05) is 49.7 Å². The molecule has 0 bridgehead atoms. The highest BCUT2D eigenvalue weighted by molar-refractivity contribution is 6.31. The molecule has 0 aliphatic carbocycles. The Morgan fingerprint density at radius 2 is 1.77 bits per heavy atom. The summed E-state index contributed by atoms with van der Waals surface area (Å²) in [5.41, 5.74) is 5.34. The van der Waals surface area contributed by atoms with Crippen LogP contribution < -0.4 is 0 Å². The molecular weight excluding hydrogens is 408 g/mol. The zero-order chi connectivity index (χ0) is 23.3. The Labute approximate surface area is 192 Å². The maximum absolute atomic E-state index is 12.8. The fraction of sp³-hybridized carbons (Fsp3) is 0.519. The second-order valence-electron chi connectivity index (χ2n) is 9.55. The predicted octanol–water partition coefficient (Wildman–Crippen LogP) is 6.05. The molecule has 0 saturated heterocycles. The van der Waals surface area contributed by atoms with E-state index in [-0.39, 0.29) is 24.2 Å². The van der Waals surface area contributed by atoms with Crippen molar-refractivity contribution in [3.63, 3.8) is 0 Å². The number of ketones is 1. The topological polar surface area (TPSA) is 57.5 Å². The third-order valence-electron chi connectivity index (χ3n) is 6.31. The van der Waals surface area contributed by atoms with E-state index >= 15 is 0 Å². The molecule has 2 N–H and O–H groups in total. The van der Waals surface area contributed by atoms with Gasteiger partial charge < -0.3 is 10.2 Å². The quantitative estimate of drug-likeness (QED) is 0.468. The van der Waals surface area contributed by atoms with Crippen LogP contribution in [0.3, 0.4) is 0 Å². The second-order valence-corrected chi connectivity index (χ2v) is 9.95. The van der Waals surface area contributed by atoms with E-state index in [0.29, 0.717) is 24.3 Å². The first-order valence-electron chi connectivity index (χ1n) is 11.2. The van der Waals surface area contributed by atoms with Crippen LogP contribution in [0.1, 0.15) is 79.8 Å². The van der Waals surface area contributed by atoms with E-state index < -0.39 is 5.60 Å². The van der Waals surface area contributed by atoms with E-state index in [1.54, 1.807) is 13.8 Å². The van der Waals surface area contributed by atoms with E-state index in [4.69, 9.17) is 11.6 Å². The Kier molecular flexibility index (Phi) is 8.88. The molecule has 2 rings (SSSR count). The van der Waals surface area contributed by atoms with Crippen molar-refractivity contribution >= 4 is 17.4 Å². The van der Waals surface area contributed by atoms with Gasteiger partial charge in [-0.25, -0.2) is 0 Å². The van der Waals surface area contributed by atoms with Crippen molar-refractivity contribution in [2.45, 2.75) is 78.7 Å². The Balaban J connectivity index is 2.19. The lowest BCUT2D eigenvalue weighted by molar-refractivity contribution is -0.118. The van der Waals surface area contributed by atoms with E-state index in [9.17, 15) is 15.0 Å². The molecule has 2 atom stereocenters. The molecule has 0 amide bonds. The summed E-state index contributed by atoms with van der Waals surface area (Å²) >= 11 is 6.35. The minimum absolute atomic E-state index is 0.0996. The summed E-state index contributed by atoms with van der Waals surface area (Å²) in [4.78, 5) is 12.8. The van der Waals surface area contributed by atoms with E-state index in [2.05, 4.69) is 13.0 Å². The van der Waals surface area contributed by atoms with Crippen LogP contribution >= 0.6 is 11.6 Å². The number of hydrogen-bond acceptors (Lipinski definition) is 3. The van der Waals surface area contributed by atoms with Crippen LogP contribution in [-0.4, -0.2) is 22.6 Å². The first-order valence-corrected chi connectivity index (χ1v) is 11.5. The molecule has 0 radical (unpaired) electrons. The molecule has 0 heterocycles. The second kappa shape index (κ2) is 10.8. The SMILES string of the molecule is Cc1ccc(Cl)c(CC(=O)CC[C@@H](C)c2cccc(C(C)(C)O)c2C[C@@H](C)CO)c1C. The van der Waals surface area contributed by atoms with Gasteiger partial charge in [0.25, 0.3) is 0 Å². The lowest BCUT2D eigenvalue weighted by Gasteiger charge is -2.27. The van der Waals surface area contributed by atoms with Gasteiger partial charge in [-0.2, -0.15) is 0 Å². The highest BCUT2D eigenvalue weighted by atomic mass is 35.5. The van der Waals surface area contributed by atoms with Crippen molar-refractivity contribution in [1.82, 2.24) is 0 Å². The number of Topliss-reactive ketones (excluding diaryl/α,β-unsaturated/α-hetero) is 1. The number of hydrogen-bond donors (Lipinski definition) is 2. The maximum atomic E-state index is 12.8. The smallest absolute Gasteiger partial charge is 0.137 e. The monoisotopic (exact) mass is 444 g/mol. The summed E-state index contributed by atoms with van der Waals surface area (Å²) < 4.78 is 0. The highest BCUT2D eigenvalue weighted by Crippen LogP contribution is 2.34. The fourth-order valence-electron chi connectivity index (χ4n) is 4.16. The highest BCUT2D eigenvalue weighted by Gasteiger charge is 2.25. The lowest BCUT2D eigenvalue weighted by Crippen LogP contribution is -2.21. The minimum atomic E-state index is -0.963. The van der Waals surface area contributed by atoms with Crippen LogP contribution in [0.5, 0.6) is 0 Å². The van der Waals surface area contributed by atoms with Gasteiger partial charge in [0.05, 0.1) is 5.60 Å². The number of carbonyl (C=O) groups excluding carboxylic acids is 1. The van der Waals surface area contributed by atoms with Gasteiger partial charge in [0, 0.05) is 24.5 Å². The standard InChI is InChI=1S/C27H37ClO3/c1-17(16-29)14-24-22(8-7-9-25(24)27(5,6)31)19(3)10-12-21(30)15-23-20(4)18(2)11-13-26(23)28/h7-9,11,13,17,19,29,31H,10,12,14-16H2,1-6H3/t17-,19-/m1/s1. The number of aryl methyl sites for hydroxylation is 1. The molecule has 31 heavy (non-hydrogen) atoms. The number of aliphatic hydroxyl groups is 2. The largest absolute Gasteiger partial charge is 0.396 e. The van der Waals surface area contributed by atoms with Crippen LogP contribution in [0, 0.1) is 19.8 Å². The molecule has 0 saturated carbocycles. The zero-order valence-electron chi connectivity index (χ0n) is 19.8. The van der Waals surface area contributed by atoms with Gasteiger partial charge in [-0.3, -0.25) is 4.79 Å². The van der Waals surface area contributed by atoms with Gasteiger partial charge >= 0.3 is 0 Å². The fourth-order valence-corrected chi connectivity index (χ4v) is 4.43. The molecule has 3 nitrogen and oxygen atoms in total. The first-order chi connectivity index (χ1) is 14.5. The Morgan fingerprint density at radius 1 is 1.10 bits per heavy atom. The van der Waals surface area contributed by atoms with Crippen molar-refractivity contribution in [3.8, 4) is 0 Å². The number of rotatable bonds is 10. The average molecular weight is 445 g/mol. The van der Waals surface area contributed by atoms with Crippen LogP contribution in [0.2, 0.25) is 5.02 Å². The number of benzene rings is 2. The summed E-state index contributed by atoms with van der Waals surface area (Å²) in [6.07, 6.45) is 2.27. The summed E-state index contributed by atoms with van der Waals surface area (Å²) in [5.74, 6) is 0.454. The first kappa shape index (κ1) is 25.6. The molecule has 0 aromatic heterocycles. The van der Waals surface area contributed by atoms with Crippen molar-refractivity contribution in [1.29, 1.82) is 0 Å². The number of halogens is 1. The summed E-state index contributed by atoms with van der Waals surface area (Å²) in [5, 5.41) is 20.9. The normalized spacial score (nSPS) is 13.8. The average Bonchev–Trinajstić information content (AvgIpc) is 2.71. The van der Waals surface area contributed by atoms with Crippen molar-refractivity contribution in [2.75, 3.05) is 6.61 Å². The van der Waals surface area contributed by atoms with Crippen LogP contribution in [0.4, 0.5) is 0 Å². The summed E-state index contributed by atoms with van der Waals surface area (Å²) in [6, 6.07) is 9.88. The Morgan fingerprint density at radius 3 is 2.39 bits per heavy atom. The van der Waals surface area contributed by atoms with Gasteiger partial charge in [-0.05, 0) is 91.8 Å². The number of aliphatic hydroxyl groups excluding tert-OH is 1. The molecular formula is C27H37ClO3. The van der Waals surface area contributed by atoms with Crippen molar-refractivity contribution < 1.29 is 15.0 Å².